The Morgan fingerprint density at radius 3 is 3.25 bits per heavy atom. The molecule has 1 saturated heterocycles. The van der Waals surface area contributed by atoms with Gasteiger partial charge in [0.15, 0.2) is 5.84 Å². The van der Waals surface area contributed by atoms with Gasteiger partial charge in [-0.3, -0.25) is 4.90 Å². The zero-order valence-electron chi connectivity index (χ0n) is 6.70. The van der Waals surface area contributed by atoms with E-state index in [-0.39, 0.29) is 17.0 Å². The third-order valence-electron chi connectivity index (χ3n) is 1.95. The first-order chi connectivity index (χ1) is 5.27. The van der Waals surface area contributed by atoms with Gasteiger partial charge in [-0.05, 0) is 6.92 Å². The maximum Gasteiger partial charge on any atom is 0.235 e. The fraction of sp³-hybridized carbons (Fsp3) is 0.833. The van der Waals surface area contributed by atoms with Gasteiger partial charge in [0.25, 0.3) is 0 Å². The molecule has 0 bridgehead atoms. The van der Waals surface area contributed by atoms with Crippen molar-refractivity contribution in [3.05, 3.63) is 0 Å². The number of halogens is 2. The van der Waals surface area contributed by atoms with E-state index in [1.807, 2.05) is 17.2 Å². The van der Waals surface area contributed by atoms with Gasteiger partial charge in [0.05, 0.1) is 0 Å². The van der Waals surface area contributed by atoms with Crippen LogP contribution >= 0.6 is 27.7 Å². The summed E-state index contributed by atoms with van der Waals surface area (Å²) in [6.45, 7) is 3.17. The molecule has 0 saturated carbocycles. The molecule has 0 amide bonds. The van der Waals surface area contributed by atoms with Gasteiger partial charge in [0.1, 0.15) is 0 Å². The highest BCUT2D eigenvalue weighted by Gasteiger charge is 2.35. The molecule has 70 valence electrons. The van der Waals surface area contributed by atoms with Crippen LogP contribution in [0.3, 0.4) is 0 Å². The lowest BCUT2D eigenvalue weighted by Crippen LogP contribution is -3.00. The van der Waals surface area contributed by atoms with E-state index in [9.17, 15) is 0 Å². The largest absolute Gasteiger partial charge is 1.00 e. The third-order valence-corrected chi connectivity index (χ3v) is 4.31. The average molecular weight is 317 g/mol. The zero-order valence-corrected chi connectivity index (χ0v) is 10.7. The molecule has 0 aromatic carbocycles. The predicted molar refractivity (Wildman–Crippen MR) is 50.7 cm³/mol. The molecule has 2 unspecified atom stereocenters. The quantitative estimate of drug-likeness (QED) is 0.381. The number of nitrogens with zero attached hydrogens (tertiary/aromatic N) is 2. The van der Waals surface area contributed by atoms with Gasteiger partial charge < -0.3 is 17.0 Å². The van der Waals surface area contributed by atoms with E-state index in [4.69, 9.17) is 0 Å². The summed E-state index contributed by atoms with van der Waals surface area (Å²) in [5.41, 5.74) is 2.56. The lowest BCUT2D eigenvalue weighted by atomic mass is 10.4. The fourth-order valence-corrected chi connectivity index (χ4v) is 3.20. The Hall–Kier alpha value is 0.740. The van der Waals surface area contributed by atoms with Crippen molar-refractivity contribution in [2.75, 3.05) is 12.3 Å². The Labute approximate surface area is 95.2 Å². The molecule has 2 rings (SSSR count). The normalized spacial score (nSPS) is 33.8. The smallest absolute Gasteiger partial charge is 0.235 e. The monoisotopic (exact) mass is 315 g/mol. The molecule has 2 aliphatic rings. The molecule has 6 heteroatoms. The van der Waals surface area contributed by atoms with Crippen molar-refractivity contribution >= 4 is 33.5 Å². The van der Waals surface area contributed by atoms with Crippen molar-refractivity contribution in [2.45, 2.75) is 17.2 Å². The van der Waals surface area contributed by atoms with Crippen LogP contribution in [-0.4, -0.2) is 33.4 Å². The van der Waals surface area contributed by atoms with Gasteiger partial charge in [0.2, 0.25) is 5.50 Å². The number of hydrogen-bond acceptors (Lipinski definition) is 3. The number of hydrogen-bond donors (Lipinski definition) is 1. The molecule has 0 aromatic rings. The van der Waals surface area contributed by atoms with Gasteiger partial charge in [0, 0.05) is 17.1 Å². The molecule has 2 N–H and O–H groups in total. The van der Waals surface area contributed by atoms with Gasteiger partial charge in [-0.2, -0.15) is 5.43 Å². The van der Waals surface area contributed by atoms with Gasteiger partial charge in [-0.25, -0.2) is 0 Å². The fourth-order valence-electron chi connectivity index (χ4n) is 1.35. The summed E-state index contributed by atoms with van der Waals surface area (Å²) in [5.74, 6) is 2.35. The van der Waals surface area contributed by atoms with Crippen molar-refractivity contribution < 1.29 is 22.4 Å². The highest BCUT2D eigenvalue weighted by molar-refractivity contribution is 9.09. The molecule has 0 aliphatic carbocycles. The van der Waals surface area contributed by atoms with Gasteiger partial charge in [-0.1, -0.05) is 32.8 Å². The minimum atomic E-state index is 0. The summed E-state index contributed by atoms with van der Waals surface area (Å²) in [6, 6.07) is 0. The number of alkyl halides is 1. The average Bonchev–Trinajstić information content (AvgIpc) is 2.33. The summed E-state index contributed by atoms with van der Waals surface area (Å²) < 4.78 is 0. The van der Waals surface area contributed by atoms with Crippen molar-refractivity contribution in [2.24, 2.45) is 5.10 Å². The molecule has 3 nitrogen and oxygen atoms in total. The Morgan fingerprint density at radius 1 is 1.75 bits per heavy atom. The van der Waals surface area contributed by atoms with Crippen LogP contribution in [0.2, 0.25) is 0 Å². The first-order valence-electron chi connectivity index (χ1n) is 3.67. The Kier molecular flexibility index (Phi) is 3.88. The minimum Gasteiger partial charge on any atom is -1.00 e. The van der Waals surface area contributed by atoms with Crippen molar-refractivity contribution in [3.8, 4) is 0 Å². The van der Waals surface area contributed by atoms with Crippen LogP contribution in [-0.2, 0) is 0 Å². The van der Waals surface area contributed by atoms with E-state index < -0.39 is 0 Å². The van der Waals surface area contributed by atoms with E-state index in [1.165, 1.54) is 5.75 Å². The number of quaternary nitrogens is 1. The van der Waals surface area contributed by atoms with Crippen LogP contribution in [0.15, 0.2) is 5.10 Å². The van der Waals surface area contributed by atoms with E-state index in [1.54, 1.807) is 0 Å². The van der Waals surface area contributed by atoms with Crippen LogP contribution < -0.4 is 22.4 Å². The van der Waals surface area contributed by atoms with Crippen LogP contribution in [0, 0.1) is 0 Å². The highest BCUT2D eigenvalue weighted by Crippen LogP contribution is 2.24. The Balaban J connectivity index is 0.000000720. The van der Waals surface area contributed by atoms with Crippen molar-refractivity contribution in [1.29, 1.82) is 0 Å². The summed E-state index contributed by atoms with van der Waals surface area (Å²) in [7, 11) is 0. The van der Waals surface area contributed by atoms with Crippen LogP contribution in [0.25, 0.3) is 0 Å². The van der Waals surface area contributed by atoms with Gasteiger partial charge >= 0.3 is 0 Å². The second-order valence-electron chi connectivity index (χ2n) is 2.80. The molecule has 12 heavy (non-hydrogen) atoms. The van der Waals surface area contributed by atoms with Gasteiger partial charge in [-0.15, -0.1) is 0 Å². The van der Waals surface area contributed by atoms with E-state index in [0.717, 1.165) is 12.4 Å². The van der Waals surface area contributed by atoms with Crippen LogP contribution in [0.4, 0.5) is 0 Å². The first-order valence-corrected chi connectivity index (χ1v) is 5.64. The molecular formula is C6H11Br2N3S. The zero-order chi connectivity index (χ0) is 7.84. The van der Waals surface area contributed by atoms with Crippen molar-refractivity contribution in [1.82, 2.24) is 4.90 Å². The topological polar surface area (TPSA) is 32.2 Å². The second kappa shape index (κ2) is 4.30. The van der Waals surface area contributed by atoms with Crippen molar-refractivity contribution in [3.63, 3.8) is 0 Å². The number of fused-ring (bicyclic) bond motifs is 1. The van der Waals surface area contributed by atoms with Crippen LogP contribution in [0.5, 0.6) is 0 Å². The Bertz CT molecular complexity index is 199. The first kappa shape index (κ1) is 10.8. The molecule has 2 atom stereocenters. The number of amidine groups is 1. The summed E-state index contributed by atoms with van der Waals surface area (Å²) in [5, 5.41) is 4.29. The summed E-state index contributed by atoms with van der Waals surface area (Å²) >= 11 is 5.58. The minimum absolute atomic E-state index is 0. The maximum atomic E-state index is 4.29. The molecule has 0 aromatic heterocycles. The lowest BCUT2D eigenvalue weighted by molar-refractivity contribution is -0.677. The third kappa shape index (κ3) is 1.97. The van der Waals surface area contributed by atoms with Crippen LogP contribution in [0.1, 0.15) is 6.92 Å². The Morgan fingerprint density at radius 2 is 2.50 bits per heavy atom. The lowest BCUT2D eigenvalue weighted by Gasteiger charge is -2.29. The molecule has 0 radical (unpaired) electrons. The molecule has 2 heterocycles. The molecule has 0 spiro atoms. The predicted octanol–water partition coefficient (Wildman–Crippen LogP) is -3.00. The summed E-state index contributed by atoms with van der Waals surface area (Å²) in [6.07, 6.45) is 0. The summed E-state index contributed by atoms with van der Waals surface area (Å²) in [4.78, 5) is 2.97. The van der Waals surface area contributed by atoms with E-state index in [2.05, 4.69) is 32.9 Å². The standard InChI is InChI=1S/C6H10BrN3S.BrH/c1-4-8-9-6-10(4)2-5(7)3-11-6;/h5-6,9H,2-3H2,1H3;1H. The van der Waals surface area contributed by atoms with E-state index in [0.29, 0.717) is 10.3 Å². The number of rotatable bonds is 0. The second-order valence-corrected chi connectivity index (χ2v) is 5.24. The highest BCUT2D eigenvalue weighted by atomic mass is 79.9. The molecule has 2 aliphatic heterocycles. The molecular weight excluding hydrogens is 306 g/mol. The SMILES string of the molecule is CC1=N[NH2+]C2SCC(Br)CN12.[Br-]. The van der Waals surface area contributed by atoms with E-state index >= 15 is 0 Å². The maximum absolute atomic E-state index is 4.29. The molecule has 1 fully saturated rings. The number of thioether (sulfide) groups is 1. The number of nitrogens with two attached hydrogens (primary N) is 1.